The Morgan fingerprint density at radius 3 is 3.25 bits per heavy atom. The van der Waals surface area contributed by atoms with Crippen molar-refractivity contribution in [3.8, 4) is 0 Å². The fraction of sp³-hybridized carbons (Fsp3) is 0.222. The number of likely N-dealkylation sites (N-methyl/N-ethyl adjacent to an activating group) is 1. The Morgan fingerprint density at radius 2 is 2.42 bits per heavy atom. The molecule has 62 valence electrons. The second-order valence-corrected chi connectivity index (χ2v) is 2.88. The maximum absolute atomic E-state index is 5.79. The molecule has 1 aromatic heterocycles. The molecule has 0 saturated carbocycles. The van der Waals surface area contributed by atoms with Crippen molar-refractivity contribution in [3.05, 3.63) is 30.0 Å². The van der Waals surface area contributed by atoms with Crippen LogP contribution in [-0.4, -0.2) is 18.2 Å². The minimum atomic E-state index is -0.0487. The van der Waals surface area contributed by atoms with Crippen LogP contribution >= 0.6 is 0 Å². The predicted molar refractivity (Wildman–Crippen MR) is 49.6 cm³/mol. The van der Waals surface area contributed by atoms with Gasteiger partial charge in [-0.05, 0) is 18.2 Å². The maximum Gasteiger partial charge on any atom is 0.137 e. The molecule has 3 nitrogen and oxygen atoms in total. The summed E-state index contributed by atoms with van der Waals surface area (Å²) in [7, 11) is 1.94. The van der Waals surface area contributed by atoms with Gasteiger partial charge in [0.25, 0.3) is 0 Å². The third kappa shape index (κ3) is 0.987. The maximum atomic E-state index is 5.79. The molecule has 0 amide bonds. The Morgan fingerprint density at radius 1 is 1.58 bits per heavy atom. The number of nitrogens with zero attached hydrogens (tertiary/aromatic N) is 2. The number of fused-ring (bicyclic) bond motifs is 1. The average Bonchev–Trinajstić information content (AvgIpc) is 2.12. The van der Waals surface area contributed by atoms with Crippen molar-refractivity contribution in [2.24, 2.45) is 5.73 Å². The quantitative estimate of drug-likeness (QED) is 0.612. The van der Waals surface area contributed by atoms with Crippen LogP contribution in [-0.2, 0) is 0 Å². The molecule has 12 heavy (non-hydrogen) atoms. The summed E-state index contributed by atoms with van der Waals surface area (Å²) in [4.78, 5) is 6.20. The largest absolute Gasteiger partial charge is 0.340 e. The van der Waals surface area contributed by atoms with Gasteiger partial charge in [-0.25, -0.2) is 4.98 Å². The van der Waals surface area contributed by atoms with Crippen LogP contribution in [0.2, 0.25) is 0 Å². The van der Waals surface area contributed by atoms with Crippen LogP contribution in [0, 0.1) is 0 Å². The van der Waals surface area contributed by atoms with Crippen molar-refractivity contribution in [2.75, 3.05) is 11.9 Å². The van der Waals surface area contributed by atoms with Crippen LogP contribution in [0.4, 0.5) is 5.82 Å². The van der Waals surface area contributed by atoms with Gasteiger partial charge >= 0.3 is 0 Å². The molecule has 2 N–H and O–H groups in total. The molecule has 1 aromatic rings. The van der Waals surface area contributed by atoms with E-state index in [4.69, 9.17) is 5.73 Å². The van der Waals surface area contributed by atoms with E-state index < -0.39 is 0 Å². The molecule has 0 radical (unpaired) electrons. The van der Waals surface area contributed by atoms with E-state index in [0.717, 1.165) is 11.4 Å². The summed E-state index contributed by atoms with van der Waals surface area (Å²) in [5.74, 6) is 0.951. The smallest absolute Gasteiger partial charge is 0.137 e. The first-order valence-electron chi connectivity index (χ1n) is 3.90. The van der Waals surface area contributed by atoms with Gasteiger partial charge in [-0.2, -0.15) is 0 Å². The summed E-state index contributed by atoms with van der Waals surface area (Å²) in [5.41, 5.74) is 6.92. The summed E-state index contributed by atoms with van der Waals surface area (Å²) >= 11 is 0. The number of pyridine rings is 1. The Balaban J connectivity index is 2.52. The van der Waals surface area contributed by atoms with Gasteiger partial charge in [0.1, 0.15) is 5.82 Å². The number of aromatic nitrogens is 1. The standard InChI is InChI=1S/C9H11N3/c1-12-8(10)5-4-7-3-2-6-11-9(7)12/h2-6,8H,10H2,1H3. The Labute approximate surface area is 71.5 Å². The lowest BCUT2D eigenvalue weighted by Crippen LogP contribution is -2.39. The average molecular weight is 161 g/mol. The second kappa shape index (κ2) is 2.60. The van der Waals surface area contributed by atoms with Crippen molar-refractivity contribution < 1.29 is 0 Å². The van der Waals surface area contributed by atoms with Gasteiger partial charge in [0.15, 0.2) is 0 Å². The molecule has 1 aliphatic heterocycles. The van der Waals surface area contributed by atoms with Gasteiger partial charge in [0.05, 0.1) is 6.17 Å². The zero-order chi connectivity index (χ0) is 8.55. The van der Waals surface area contributed by atoms with Gasteiger partial charge in [-0.15, -0.1) is 0 Å². The van der Waals surface area contributed by atoms with E-state index in [9.17, 15) is 0 Å². The van der Waals surface area contributed by atoms with Crippen LogP contribution in [0.25, 0.3) is 6.08 Å². The van der Waals surface area contributed by atoms with E-state index in [1.807, 2.05) is 36.2 Å². The van der Waals surface area contributed by atoms with E-state index in [1.54, 1.807) is 6.20 Å². The van der Waals surface area contributed by atoms with Gasteiger partial charge < -0.3 is 10.6 Å². The zero-order valence-electron chi connectivity index (χ0n) is 6.94. The summed E-state index contributed by atoms with van der Waals surface area (Å²) in [6.45, 7) is 0. The van der Waals surface area contributed by atoms with E-state index >= 15 is 0 Å². The Bertz CT molecular complexity index is 319. The molecule has 0 bridgehead atoms. The molecular weight excluding hydrogens is 150 g/mol. The lowest BCUT2D eigenvalue weighted by molar-refractivity contribution is 0.768. The van der Waals surface area contributed by atoms with Gasteiger partial charge in [-0.3, -0.25) is 0 Å². The molecule has 0 aliphatic carbocycles. The summed E-state index contributed by atoms with van der Waals surface area (Å²) in [5, 5.41) is 0. The lowest BCUT2D eigenvalue weighted by atomic mass is 10.1. The monoisotopic (exact) mass is 161 g/mol. The van der Waals surface area contributed by atoms with E-state index in [1.165, 1.54) is 0 Å². The second-order valence-electron chi connectivity index (χ2n) is 2.88. The summed E-state index contributed by atoms with van der Waals surface area (Å²) in [6.07, 6.45) is 5.70. The third-order valence-electron chi connectivity index (χ3n) is 2.07. The highest BCUT2D eigenvalue weighted by atomic mass is 15.2. The molecule has 0 fully saturated rings. The number of rotatable bonds is 0. The van der Waals surface area contributed by atoms with Crippen molar-refractivity contribution in [3.63, 3.8) is 0 Å². The first kappa shape index (κ1) is 7.31. The number of hydrogen-bond donors (Lipinski definition) is 1. The first-order valence-corrected chi connectivity index (χ1v) is 3.90. The van der Waals surface area contributed by atoms with E-state index in [0.29, 0.717) is 0 Å². The molecule has 2 heterocycles. The highest BCUT2D eigenvalue weighted by Gasteiger charge is 2.15. The lowest BCUT2D eigenvalue weighted by Gasteiger charge is -2.27. The molecule has 1 atom stereocenters. The van der Waals surface area contributed by atoms with Crippen molar-refractivity contribution >= 4 is 11.9 Å². The van der Waals surface area contributed by atoms with Crippen LogP contribution in [0.1, 0.15) is 5.56 Å². The minimum Gasteiger partial charge on any atom is -0.340 e. The molecule has 3 heteroatoms. The normalized spacial score (nSPS) is 20.8. The third-order valence-corrected chi connectivity index (χ3v) is 2.07. The molecule has 0 saturated heterocycles. The highest BCUT2D eigenvalue weighted by molar-refractivity contribution is 5.68. The topological polar surface area (TPSA) is 42.2 Å². The first-order chi connectivity index (χ1) is 5.79. The molecule has 0 aromatic carbocycles. The number of nitrogens with two attached hydrogens (primary N) is 1. The fourth-order valence-corrected chi connectivity index (χ4v) is 1.31. The van der Waals surface area contributed by atoms with Crippen LogP contribution < -0.4 is 10.6 Å². The predicted octanol–water partition coefficient (Wildman–Crippen LogP) is 0.829. The van der Waals surface area contributed by atoms with Gasteiger partial charge in [0, 0.05) is 18.8 Å². The SMILES string of the molecule is CN1c2ncccc2C=CC1N. The molecule has 1 unspecified atom stereocenters. The van der Waals surface area contributed by atoms with Crippen LogP contribution in [0.5, 0.6) is 0 Å². The molecule has 1 aliphatic rings. The van der Waals surface area contributed by atoms with E-state index in [-0.39, 0.29) is 6.17 Å². The minimum absolute atomic E-state index is 0.0487. The number of anilines is 1. The van der Waals surface area contributed by atoms with Crippen molar-refractivity contribution in [1.82, 2.24) is 4.98 Å². The summed E-state index contributed by atoms with van der Waals surface area (Å²) in [6, 6.07) is 3.95. The Hall–Kier alpha value is -1.35. The van der Waals surface area contributed by atoms with Crippen LogP contribution in [0.3, 0.4) is 0 Å². The fourth-order valence-electron chi connectivity index (χ4n) is 1.31. The van der Waals surface area contributed by atoms with Gasteiger partial charge in [-0.1, -0.05) is 6.08 Å². The van der Waals surface area contributed by atoms with E-state index in [2.05, 4.69) is 4.98 Å². The molecule has 0 spiro atoms. The number of hydrogen-bond acceptors (Lipinski definition) is 3. The van der Waals surface area contributed by atoms with Gasteiger partial charge in [0.2, 0.25) is 0 Å². The van der Waals surface area contributed by atoms with Crippen molar-refractivity contribution in [2.45, 2.75) is 6.17 Å². The Kier molecular flexibility index (Phi) is 1.59. The zero-order valence-corrected chi connectivity index (χ0v) is 6.94. The van der Waals surface area contributed by atoms with Crippen molar-refractivity contribution in [1.29, 1.82) is 0 Å². The van der Waals surface area contributed by atoms with Crippen LogP contribution in [0.15, 0.2) is 24.4 Å². The highest BCUT2D eigenvalue weighted by Crippen LogP contribution is 2.22. The molecular formula is C9H11N3. The molecule has 2 rings (SSSR count). The summed E-state index contributed by atoms with van der Waals surface area (Å²) < 4.78 is 0.